The number of rotatable bonds is 4. The lowest BCUT2D eigenvalue weighted by molar-refractivity contribution is -0.149. The van der Waals surface area contributed by atoms with Crippen LogP contribution in [0.3, 0.4) is 0 Å². The van der Waals surface area contributed by atoms with Crippen molar-refractivity contribution in [1.29, 1.82) is 0 Å². The van der Waals surface area contributed by atoms with Gasteiger partial charge in [0.15, 0.2) is 0 Å². The molecule has 0 saturated carbocycles. The van der Waals surface area contributed by atoms with Gasteiger partial charge in [-0.25, -0.2) is 4.39 Å². The van der Waals surface area contributed by atoms with Crippen LogP contribution in [0.25, 0.3) is 0 Å². The van der Waals surface area contributed by atoms with E-state index in [2.05, 4.69) is 10.3 Å². The van der Waals surface area contributed by atoms with Crippen molar-refractivity contribution >= 4 is 29.1 Å². The molecule has 2 N–H and O–H groups in total. The van der Waals surface area contributed by atoms with Crippen LogP contribution in [0.4, 0.5) is 10.1 Å². The van der Waals surface area contributed by atoms with Crippen molar-refractivity contribution < 1.29 is 19.1 Å². The second kappa shape index (κ2) is 7.01. The minimum absolute atomic E-state index is 0.0462. The summed E-state index contributed by atoms with van der Waals surface area (Å²) in [5.74, 6) is -2.07. The predicted molar refractivity (Wildman–Crippen MR) is 94.2 cm³/mol. The summed E-state index contributed by atoms with van der Waals surface area (Å²) in [7, 11) is 0. The molecule has 0 unspecified atom stereocenters. The minimum atomic E-state index is -2.16. The first kappa shape index (κ1) is 18.3. The zero-order chi connectivity index (χ0) is 18.9. The van der Waals surface area contributed by atoms with E-state index in [9.17, 15) is 19.1 Å². The normalized spacial score (nSPS) is 19.7. The fourth-order valence-corrected chi connectivity index (χ4v) is 3.07. The number of hydrogen-bond donors (Lipinski definition) is 2. The Morgan fingerprint density at radius 2 is 2.19 bits per heavy atom. The van der Waals surface area contributed by atoms with Crippen LogP contribution in [0.2, 0.25) is 5.02 Å². The van der Waals surface area contributed by atoms with E-state index >= 15 is 0 Å². The van der Waals surface area contributed by atoms with Gasteiger partial charge in [-0.1, -0.05) is 11.6 Å². The second-order valence-corrected chi connectivity index (χ2v) is 6.62. The lowest BCUT2D eigenvalue weighted by atomic mass is 10.0. The smallest absolute Gasteiger partial charge is 0.268 e. The van der Waals surface area contributed by atoms with Crippen molar-refractivity contribution in [2.75, 3.05) is 11.4 Å². The molecule has 3 rings (SSSR count). The molecule has 1 saturated heterocycles. The number of halogens is 2. The van der Waals surface area contributed by atoms with E-state index in [1.165, 1.54) is 23.2 Å². The minimum Gasteiger partial charge on any atom is -0.372 e. The van der Waals surface area contributed by atoms with E-state index in [1.54, 1.807) is 12.1 Å². The third kappa shape index (κ3) is 3.54. The largest absolute Gasteiger partial charge is 0.372 e. The van der Waals surface area contributed by atoms with E-state index < -0.39 is 23.2 Å². The third-order valence-corrected chi connectivity index (χ3v) is 4.47. The number of pyridine rings is 1. The number of carbonyl (C=O) groups is 2. The van der Waals surface area contributed by atoms with Gasteiger partial charge in [-0.15, -0.1) is 0 Å². The molecule has 6 nitrogen and oxygen atoms in total. The van der Waals surface area contributed by atoms with Crippen molar-refractivity contribution in [2.24, 2.45) is 0 Å². The van der Waals surface area contributed by atoms with Gasteiger partial charge in [0, 0.05) is 30.2 Å². The van der Waals surface area contributed by atoms with Gasteiger partial charge in [-0.2, -0.15) is 0 Å². The molecular formula is C18H17ClFN3O3. The average molecular weight is 378 g/mol. The highest BCUT2D eigenvalue weighted by Crippen LogP contribution is 2.28. The van der Waals surface area contributed by atoms with Gasteiger partial charge in [0.2, 0.25) is 5.60 Å². The summed E-state index contributed by atoms with van der Waals surface area (Å²) >= 11 is 5.77. The van der Waals surface area contributed by atoms with Crippen molar-refractivity contribution in [3.63, 3.8) is 0 Å². The fraction of sp³-hybridized carbons (Fsp3) is 0.278. The number of amides is 2. The Balaban J connectivity index is 1.70. The van der Waals surface area contributed by atoms with E-state index in [1.807, 2.05) is 6.92 Å². The number of hydrogen-bond acceptors (Lipinski definition) is 4. The Labute approximate surface area is 154 Å². The first-order valence-electron chi connectivity index (χ1n) is 8.00. The molecule has 1 aliphatic heterocycles. The second-order valence-electron chi connectivity index (χ2n) is 6.19. The number of nitrogens with one attached hydrogen (secondary N) is 1. The Kier molecular flexibility index (Phi) is 4.93. The first-order chi connectivity index (χ1) is 12.3. The van der Waals surface area contributed by atoms with Gasteiger partial charge in [-0.05, 0) is 42.8 Å². The zero-order valence-corrected chi connectivity index (χ0v) is 14.8. The fourth-order valence-electron chi connectivity index (χ4n) is 2.82. The Morgan fingerprint density at radius 1 is 1.42 bits per heavy atom. The van der Waals surface area contributed by atoms with Crippen LogP contribution < -0.4 is 10.2 Å². The number of anilines is 1. The summed E-state index contributed by atoms with van der Waals surface area (Å²) in [5, 5.41) is 13.2. The van der Waals surface area contributed by atoms with Crippen LogP contribution in [-0.2, 0) is 16.1 Å². The highest BCUT2D eigenvalue weighted by atomic mass is 35.5. The molecule has 0 radical (unpaired) electrons. The molecule has 136 valence electrons. The molecule has 1 fully saturated rings. The third-order valence-electron chi connectivity index (χ3n) is 4.25. The lowest BCUT2D eigenvalue weighted by Gasteiger charge is -2.21. The monoisotopic (exact) mass is 377 g/mol. The van der Waals surface area contributed by atoms with Crippen LogP contribution in [0, 0.1) is 12.7 Å². The predicted octanol–water partition coefficient (Wildman–Crippen LogP) is 1.97. The van der Waals surface area contributed by atoms with Gasteiger partial charge in [-0.3, -0.25) is 14.6 Å². The Hall–Kier alpha value is -2.51. The van der Waals surface area contributed by atoms with Crippen molar-refractivity contribution in [3.8, 4) is 0 Å². The van der Waals surface area contributed by atoms with E-state index in [0.29, 0.717) is 11.3 Å². The maximum Gasteiger partial charge on any atom is 0.268 e. The number of nitrogens with zero attached hydrogens (tertiary/aromatic N) is 2. The van der Waals surface area contributed by atoms with Gasteiger partial charge < -0.3 is 15.3 Å². The molecule has 26 heavy (non-hydrogen) atoms. The molecule has 8 heteroatoms. The topological polar surface area (TPSA) is 82.5 Å². The SMILES string of the molecule is Cc1ccc(N2CC[C@](O)(C(=O)NCc3cc(F)cc(Cl)c3)C2=O)cn1. The summed E-state index contributed by atoms with van der Waals surface area (Å²) in [6, 6.07) is 7.31. The maximum atomic E-state index is 13.3. The van der Waals surface area contributed by atoms with Gasteiger partial charge in [0.1, 0.15) is 5.82 Å². The van der Waals surface area contributed by atoms with Gasteiger partial charge >= 0.3 is 0 Å². The summed E-state index contributed by atoms with van der Waals surface area (Å²) in [6.07, 6.45) is 1.47. The number of aromatic nitrogens is 1. The van der Waals surface area contributed by atoms with E-state index in [0.717, 1.165) is 11.8 Å². The molecule has 0 spiro atoms. The van der Waals surface area contributed by atoms with Crippen LogP contribution >= 0.6 is 11.6 Å². The average Bonchev–Trinajstić information content (AvgIpc) is 2.89. The molecule has 1 aromatic carbocycles. The summed E-state index contributed by atoms with van der Waals surface area (Å²) in [6.45, 7) is 1.95. The number of carbonyl (C=O) groups excluding carboxylic acids is 2. The molecule has 2 heterocycles. The van der Waals surface area contributed by atoms with Crippen LogP contribution in [-0.4, -0.2) is 34.1 Å². The molecule has 1 atom stereocenters. The summed E-state index contributed by atoms with van der Waals surface area (Å²) in [4.78, 5) is 30.4. The standard InChI is InChI=1S/C18H17ClFN3O3/c1-11-2-3-15(10-21-11)23-5-4-18(26,17(23)25)16(24)22-9-12-6-13(19)8-14(20)7-12/h2-3,6-8,10,26H,4-5,9H2,1H3,(H,22,24)/t18-/m0/s1. The van der Waals surface area contributed by atoms with E-state index in [4.69, 9.17) is 11.6 Å². The Bertz CT molecular complexity index is 839. The maximum absolute atomic E-state index is 13.3. The van der Waals surface area contributed by atoms with Crippen molar-refractivity contribution in [2.45, 2.75) is 25.5 Å². The van der Waals surface area contributed by atoms with Crippen LogP contribution in [0.15, 0.2) is 36.5 Å². The van der Waals surface area contributed by atoms with Crippen LogP contribution in [0.1, 0.15) is 17.7 Å². The zero-order valence-electron chi connectivity index (χ0n) is 14.0. The molecule has 0 bridgehead atoms. The summed E-state index contributed by atoms with van der Waals surface area (Å²) < 4.78 is 13.3. The molecule has 1 aromatic heterocycles. The Morgan fingerprint density at radius 3 is 2.85 bits per heavy atom. The number of benzene rings is 1. The quantitative estimate of drug-likeness (QED) is 0.798. The number of aliphatic hydroxyl groups is 1. The number of aryl methyl sites for hydroxylation is 1. The van der Waals surface area contributed by atoms with Crippen LogP contribution in [0.5, 0.6) is 0 Å². The first-order valence-corrected chi connectivity index (χ1v) is 8.38. The molecule has 2 amide bonds. The molecular weight excluding hydrogens is 361 g/mol. The van der Waals surface area contributed by atoms with E-state index in [-0.39, 0.29) is 24.5 Å². The lowest BCUT2D eigenvalue weighted by Crippen LogP contribution is -2.52. The van der Waals surface area contributed by atoms with Gasteiger partial charge in [0.25, 0.3) is 11.8 Å². The van der Waals surface area contributed by atoms with Crippen molar-refractivity contribution in [1.82, 2.24) is 10.3 Å². The highest BCUT2D eigenvalue weighted by Gasteiger charge is 2.51. The van der Waals surface area contributed by atoms with Gasteiger partial charge in [0.05, 0.1) is 11.9 Å². The molecule has 2 aromatic rings. The highest BCUT2D eigenvalue weighted by molar-refractivity contribution is 6.30. The van der Waals surface area contributed by atoms with Crippen molar-refractivity contribution in [3.05, 3.63) is 58.6 Å². The summed E-state index contributed by atoms with van der Waals surface area (Å²) in [5.41, 5.74) is -0.428. The molecule has 0 aliphatic carbocycles. The molecule has 1 aliphatic rings.